The lowest BCUT2D eigenvalue weighted by atomic mass is 10.0. The van der Waals surface area contributed by atoms with Gasteiger partial charge in [-0.2, -0.15) is 0 Å². The summed E-state index contributed by atoms with van der Waals surface area (Å²) < 4.78 is 0. The number of hydrogen-bond acceptors (Lipinski definition) is 4. The summed E-state index contributed by atoms with van der Waals surface area (Å²) in [5.74, 6) is -0.264. The molecule has 2 atom stereocenters. The Morgan fingerprint density at radius 2 is 2.05 bits per heavy atom. The molecule has 2 rings (SSSR count). The number of benzene rings is 1. The lowest BCUT2D eigenvalue weighted by Gasteiger charge is -2.20. The number of nitrogens with one attached hydrogen (secondary N) is 1. The molecule has 6 heteroatoms. The molecule has 2 amide bonds. The highest BCUT2D eigenvalue weighted by molar-refractivity contribution is 5.93. The molecule has 0 fully saturated rings. The molecule has 1 aliphatic rings. The third-order valence-electron chi connectivity index (χ3n) is 3.65. The molecule has 0 saturated carbocycles. The molecule has 0 saturated heterocycles. The summed E-state index contributed by atoms with van der Waals surface area (Å²) in [6.07, 6.45) is -1.41. The molecule has 0 bridgehead atoms. The van der Waals surface area contributed by atoms with Crippen LogP contribution in [0.15, 0.2) is 18.2 Å². The van der Waals surface area contributed by atoms with E-state index in [2.05, 4.69) is 5.32 Å². The standard InChI is InChI=1S/C15H20N2O4/c1-9(18)16-8-14(20)15(21)12-3-4-13-11(7-12)5-6-17(13)10(2)19/h3-4,7,14-15,20-21H,5-6,8H2,1-2H3,(H,16,18). The van der Waals surface area contributed by atoms with Gasteiger partial charge in [-0.1, -0.05) is 12.1 Å². The van der Waals surface area contributed by atoms with Crippen LogP contribution >= 0.6 is 0 Å². The van der Waals surface area contributed by atoms with Gasteiger partial charge in [0.05, 0.1) is 0 Å². The largest absolute Gasteiger partial charge is 0.388 e. The number of hydrogen-bond donors (Lipinski definition) is 3. The molecular weight excluding hydrogens is 272 g/mol. The number of carbonyl (C=O) groups excluding carboxylic acids is 2. The summed E-state index contributed by atoms with van der Waals surface area (Å²) in [5, 5.41) is 22.5. The van der Waals surface area contributed by atoms with Crippen molar-refractivity contribution in [2.75, 3.05) is 18.0 Å². The van der Waals surface area contributed by atoms with Crippen molar-refractivity contribution >= 4 is 17.5 Å². The van der Waals surface area contributed by atoms with Crippen LogP contribution < -0.4 is 10.2 Å². The Morgan fingerprint density at radius 1 is 1.33 bits per heavy atom. The van der Waals surface area contributed by atoms with E-state index in [9.17, 15) is 19.8 Å². The third kappa shape index (κ3) is 3.40. The van der Waals surface area contributed by atoms with E-state index in [-0.39, 0.29) is 18.4 Å². The molecule has 0 aliphatic carbocycles. The van der Waals surface area contributed by atoms with Crippen molar-refractivity contribution in [2.24, 2.45) is 0 Å². The zero-order chi connectivity index (χ0) is 15.6. The van der Waals surface area contributed by atoms with Crippen molar-refractivity contribution in [3.63, 3.8) is 0 Å². The summed E-state index contributed by atoms with van der Waals surface area (Å²) in [5.41, 5.74) is 2.42. The second kappa shape index (κ2) is 6.24. The molecule has 1 aromatic carbocycles. The molecule has 21 heavy (non-hydrogen) atoms. The number of anilines is 1. The molecule has 0 aromatic heterocycles. The van der Waals surface area contributed by atoms with Gasteiger partial charge in [-0.05, 0) is 23.6 Å². The first-order valence-corrected chi connectivity index (χ1v) is 6.91. The van der Waals surface area contributed by atoms with Gasteiger partial charge in [0.1, 0.15) is 12.2 Å². The van der Waals surface area contributed by atoms with E-state index in [0.717, 1.165) is 17.7 Å². The van der Waals surface area contributed by atoms with Gasteiger partial charge < -0.3 is 20.4 Å². The number of carbonyl (C=O) groups is 2. The Hall–Kier alpha value is -1.92. The lowest BCUT2D eigenvalue weighted by molar-refractivity contribution is -0.120. The van der Waals surface area contributed by atoms with E-state index < -0.39 is 12.2 Å². The van der Waals surface area contributed by atoms with Gasteiger partial charge in [0, 0.05) is 32.6 Å². The maximum absolute atomic E-state index is 11.5. The maximum Gasteiger partial charge on any atom is 0.223 e. The third-order valence-corrected chi connectivity index (χ3v) is 3.65. The van der Waals surface area contributed by atoms with Gasteiger partial charge in [0.2, 0.25) is 11.8 Å². The minimum Gasteiger partial charge on any atom is -0.388 e. The Bertz CT molecular complexity index is 559. The summed E-state index contributed by atoms with van der Waals surface area (Å²) in [7, 11) is 0. The number of aliphatic hydroxyl groups is 2. The average molecular weight is 292 g/mol. The van der Waals surface area contributed by atoms with Crippen LogP contribution in [0.4, 0.5) is 5.69 Å². The SMILES string of the molecule is CC(=O)NCC(O)C(O)c1ccc2c(c1)CCN2C(C)=O. The van der Waals surface area contributed by atoms with Crippen molar-refractivity contribution in [1.82, 2.24) is 5.32 Å². The van der Waals surface area contributed by atoms with Gasteiger partial charge in [-0.15, -0.1) is 0 Å². The van der Waals surface area contributed by atoms with Crippen molar-refractivity contribution in [3.8, 4) is 0 Å². The van der Waals surface area contributed by atoms with Crippen molar-refractivity contribution in [2.45, 2.75) is 32.5 Å². The highest BCUT2D eigenvalue weighted by atomic mass is 16.3. The topological polar surface area (TPSA) is 89.9 Å². The fourth-order valence-electron chi connectivity index (χ4n) is 2.51. The second-order valence-corrected chi connectivity index (χ2v) is 5.26. The predicted octanol–water partition coefficient (Wildman–Crippen LogP) is 0.126. The predicted molar refractivity (Wildman–Crippen MR) is 77.8 cm³/mol. The van der Waals surface area contributed by atoms with E-state index >= 15 is 0 Å². The molecule has 1 aromatic rings. The monoisotopic (exact) mass is 292 g/mol. The molecule has 0 radical (unpaired) electrons. The van der Waals surface area contributed by atoms with Crippen LogP contribution in [0.25, 0.3) is 0 Å². The number of aliphatic hydroxyl groups excluding tert-OH is 2. The number of amides is 2. The van der Waals surface area contributed by atoms with Gasteiger partial charge in [0.25, 0.3) is 0 Å². The minimum atomic E-state index is -1.08. The Balaban J connectivity index is 2.12. The molecule has 1 heterocycles. The van der Waals surface area contributed by atoms with Gasteiger partial charge in [0.15, 0.2) is 0 Å². The van der Waals surface area contributed by atoms with E-state index in [1.165, 1.54) is 13.8 Å². The Morgan fingerprint density at radius 3 is 2.67 bits per heavy atom. The van der Waals surface area contributed by atoms with E-state index in [4.69, 9.17) is 0 Å². The average Bonchev–Trinajstić information content (AvgIpc) is 2.86. The Kier molecular flexibility index (Phi) is 4.59. The number of fused-ring (bicyclic) bond motifs is 1. The van der Waals surface area contributed by atoms with Crippen LogP contribution in [-0.4, -0.2) is 41.2 Å². The van der Waals surface area contributed by atoms with Crippen molar-refractivity contribution in [1.29, 1.82) is 0 Å². The van der Waals surface area contributed by atoms with Crippen LogP contribution in [-0.2, 0) is 16.0 Å². The van der Waals surface area contributed by atoms with Gasteiger partial charge in [-0.3, -0.25) is 9.59 Å². The number of rotatable bonds is 4. The highest BCUT2D eigenvalue weighted by Crippen LogP contribution is 2.31. The summed E-state index contributed by atoms with van der Waals surface area (Å²) >= 11 is 0. The van der Waals surface area contributed by atoms with Crippen LogP contribution in [0.5, 0.6) is 0 Å². The second-order valence-electron chi connectivity index (χ2n) is 5.26. The van der Waals surface area contributed by atoms with E-state index in [1.54, 1.807) is 23.1 Å². The zero-order valence-electron chi connectivity index (χ0n) is 12.2. The lowest BCUT2D eigenvalue weighted by Crippen LogP contribution is -2.34. The van der Waals surface area contributed by atoms with E-state index in [1.807, 2.05) is 0 Å². The van der Waals surface area contributed by atoms with Gasteiger partial charge in [-0.25, -0.2) is 0 Å². The number of nitrogens with zero attached hydrogens (tertiary/aromatic N) is 1. The van der Waals surface area contributed by atoms with Crippen LogP contribution in [0.2, 0.25) is 0 Å². The first kappa shape index (κ1) is 15.5. The highest BCUT2D eigenvalue weighted by Gasteiger charge is 2.25. The molecule has 0 spiro atoms. The summed E-state index contributed by atoms with van der Waals surface area (Å²) in [4.78, 5) is 24.0. The molecule has 3 N–H and O–H groups in total. The molecule has 2 unspecified atom stereocenters. The maximum atomic E-state index is 11.5. The quantitative estimate of drug-likeness (QED) is 0.735. The molecular formula is C15H20N2O4. The van der Waals surface area contributed by atoms with Crippen LogP contribution in [0, 0.1) is 0 Å². The summed E-state index contributed by atoms with van der Waals surface area (Å²) in [6, 6.07) is 5.29. The van der Waals surface area contributed by atoms with E-state index in [0.29, 0.717) is 12.1 Å². The normalized spacial score (nSPS) is 16.3. The minimum absolute atomic E-state index is 0.00672. The fraction of sp³-hybridized carbons (Fsp3) is 0.467. The first-order chi connectivity index (χ1) is 9.90. The zero-order valence-corrected chi connectivity index (χ0v) is 12.2. The molecule has 6 nitrogen and oxygen atoms in total. The smallest absolute Gasteiger partial charge is 0.223 e. The van der Waals surface area contributed by atoms with Gasteiger partial charge >= 0.3 is 0 Å². The Labute approximate surface area is 123 Å². The van der Waals surface area contributed by atoms with Crippen molar-refractivity contribution < 1.29 is 19.8 Å². The summed E-state index contributed by atoms with van der Waals surface area (Å²) in [6.45, 7) is 3.51. The fourth-order valence-corrected chi connectivity index (χ4v) is 2.51. The van der Waals surface area contributed by atoms with Crippen LogP contribution in [0.3, 0.4) is 0 Å². The van der Waals surface area contributed by atoms with Crippen LogP contribution in [0.1, 0.15) is 31.1 Å². The molecule has 114 valence electrons. The first-order valence-electron chi connectivity index (χ1n) is 6.91. The van der Waals surface area contributed by atoms with Crippen molar-refractivity contribution in [3.05, 3.63) is 29.3 Å². The molecule has 1 aliphatic heterocycles.